The normalized spacial score (nSPS) is 33.1. The monoisotopic (exact) mass is 582 g/mol. The Labute approximate surface area is 236 Å². The van der Waals surface area contributed by atoms with E-state index in [9.17, 15) is 17.6 Å². The Morgan fingerprint density at radius 2 is 1.38 bits per heavy atom. The van der Waals surface area contributed by atoms with Crippen molar-refractivity contribution in [1.29, 1.82) is 0 Å². The average Bonchev–Trinajstić information content (AvgIpc) is 3.44. The number of nitrogens with zero attached hydrogens (tertiary/aromatic N) is 2. The van der Waals surface area contributed by atoms with Gasteiger partial charge in [-0.15, -0.1) is 23.5 Å². The van der Waals surface area contributed by atoms with Gasteiger partial charge in [0.15, 0.2) is 11.6 Å². The second kappa shape index (κ2) is 11.9. The number of halogens is 4. The molecule has 0 radical (unpaired) electrons. The summed E-state index contributed by atoms with van der Waals surface area (Å²) < 4.78 is 66.1. The van der Waals surface area contributed by atoms with Gasteiger partial charge in [-0.2, -0.15) is 0 Å². The van der Waals surface area contributed by atoms with Crippen molar-refractivity contribution in [2.45, 2.75) is 51.5 Å². The molecule has 0 aromatic heterocycles. The van der Waals surface area contributed by atoms with Gasteiger partial charge < -0.3 is 9.47 Å². The molecule has 0 saturated carbocycles. The summed E-state index contributed by atoms with van der Waals surface area (Å²) in [5, 5.41) is 1.81. The molecule has 0 spiro atoms. The van der Waals surface area contributed by atoms with Gasteiger partial charge in [-0.1, -0.05) is 37.8 Å². The zero-order valence-corrected chi connectivity index (χ0v) is 23.1. The molecule has 4 aliphatic heterocycles. The Balaban J connectivity index is 0.000000177. The lowest BCUT2D eigenvalue weighted by atomic mass is 9.79. The molecule has 2 aromatic rings. The fourth-order valence-corrected chi connectivity index (χ4v) is 8.24. The summed E-state index contributed by atoms with van der Waals surface area (Å²) in [6, 6.07) is 11.0. The molecule has 0 aliphatic carbocycles. The van der Waals surface area contributed by atoms with Gasteiger partial charge in [0.1, 0.15) is 23.6 Å². The highest BCUT2D eigenvalue weighted by molar-refractivity contribution is 8.14. The molecule has 6 atom stereocenters. The average molecular weight is 583 g/mol. The van der Waals surface area contributed by atoms with Crippen molar-refractivity contribution in [3.05, 3.63) is 71.0 Å². The van der Waals surface area contributed by atoms with Crippen LogP contribution in [0.5, 0.6) is 0 Å². The van der Waals surface area contributed by atoms with Crippen molar-refractivity contribution >= 4 is 33.6 Å². The molecule has 10 heteroatoms. The fraction of sp³-hybridized carbons (Fsp3) is 0.517. The fourth-order valence-electron chi connectivity index (χ4n) is 5.91. The molecule has 2 aromatic carbocycles. The molecule has 4 nitrogen and oxygen atoms in total. The standard InChI is InChI=1S/C14H14F3NOS.C14H16FNOS.CH4/c1-8-18-14(9-3-2-4-11(16)13(9)17)7-19-12(5-15)10(14)6-20-8;1-9-12-7-18-10(2)16-14(12,8-17-9)11-5-3-4-6-13(11)15;/h2-4,10,12H,5-7H2,1H3;3-6,9,12H,7-8H2,1-2H3;1H4/t10-,12-,14-;9-,12-,14-;/m11./s1. The van der Waals surface area contributed by atoms with Crippen molar-refractivity contribution in [3.8, 4) is 0 Å². The molecule has 2 saturated heterocycles. The van der Waals surface area contributed by atoms with Gasteiger partial charge >= 0.3 is 0 Å². The van der Waals surface area contributed by atoms with Crippen molar-refractivity contribution in [1.82, 2.24) is 0 Å². The molecule has 0 bridgehead atoms. The largest absolute Gasteiger partial charge is 0.375 e. The molecule has 0 unspecified atom stereocenters. The summed E-state index contributed by atoms with van der Waals surface area (Å²) in [4.78, 5) is 9.30. The van der Waals surface area contributed by atoms with Crippen LogP contribution in [-0.4, -0.2) is 53.7 Å². The van der Waals surface area contributed by atoms with E-state index < -0.39 is 35.5 Å². The minimum atomic E-state index is -1.00. The lowest BCUT2D eigenvalue weighted by Crippen LogP contribution is -2.41. The minimum absolute atomic E-state index is 0. The van der Waals surface area contributed by atoms with Gasteiger partial charge in [0.2, 0.25) is 0 Å². The maximum atomic E-state index is 14.2. The highest BCUT2D eigenvalue weighted by atomic mass is 32.2. The Morgan fingerprint density at radius 3 is 2.05 bits per heavy atom. The lowest BCUT2D eigenvalue weighted by Gasteiger charge is -2.35. The predicted octanol–water partition coefficient (Wildman–Crippen LogP) is 7.17. The quantitative estimate of drug-likeness (QED) is 0.360. The summed E-state index contributed by atoms with van der Waals surface area (Å²) in [5.41, 5.74) is -0.671. The Bertz CT molecular complexity index is 1260. The lowest BCUT2D eigenvalue weighted by molar-refractivity contribution is 0.0720. The molecule has 0 amide bonds. The van der Waals surface area contributed by atoms with Crippen LogP contribution >= 0.6 is 23.5 Å². The zero-order chi connectivity index (χ0) is 27.1. The summed E-state index contributed by atoms with van der Waals surface area (Å²) >= 11 is 3.25. The number of hydrogen-bond donors (Lipinski definition) is 0. The van der Waals surface area contributed by atoms with Crippen LogP contribution in [0.2, 0.25) is 0 Å². The van der Waals surface area contributed by atoms with Crippen LogP contribution in [0.3, 0.4) is 0 Å². The predicted molar refractivity (Wildman–Crippen MR) is 152 cm³/mol. The van der Waals surface area contributed by atoms with Crippen LogP contribution in [-0.2, 0) is 20.6 Å². The van der Waals surface area contributed by atoms with Gasteiger partial charge in [0.25, 0.3) is 0 Å². The third-order valence-corrected chi connectivity index (χ3v) is 9.96. The third-order valence-electron chi connectivity index (χ3n) is 7.89. The van der Waals surface area contributed by atoms with Crippen LogP contribution in [0.15, 0.2) is 52.4 Å². The second-order valence-electron chi connectivity index (χ2n) is 10.0. The van der Waals surface area contributed by atoms with Gasteiger partial charge in [0, 0.05) is 34.5 Å². The molecule has 212 valence electrons. The number of fused-ring (bicyclic) bond motifs is 2. The van der Waals surface area contributed by atoms with Crippen molar-refractivity contribution in [2.24, 2.45) is 21.8 Å². The zero-order valence-electron chi connectivity index (χ0n) is 21.4. The molecular formula is C29H34F4N2O2S2. The van der Waals surface area contributed by atoms with Crippen molar-refractivity contribution < 1.29 is 27.0 Å². The van der Waals surface area contributed by atoms with E-state index in [1.165, 1.54) is 30.0 Å². The number of thioether (sulfide) groups is 2. The number of alkyl halides is 1. The van der Waals surface area contributed by atoms with E-state index >= 15 is 0 Å². The van der Waals surface area contributed by atoms with E-state index in [4.69, 9.17) is 14.5 Å². The summed E-state index contributed by atoms with van der Waals surface area (Å²) in [6.45, 7) is 5.81. The highest BCUT2D eigenvalue weighted by Gasteiger charge is 2.54. The van der Waals surface area contributed by atoms with Crippen molar-refractivity contribution in [3.63, 3.8) is 0 Å². The number of rotatable bonds is 3. The van der Waals surface area contributed by atoms with Gasteiger partial charge in [-0.3, -0.25) is 9.98 Å². The Kier molecular flexibility index (Phi) is 9.20. The van der Waals surface area contributed by atoms with Crippen molar-refractivity contribution in [2.75, 3.05) is 31.4 Å². The topological polar surface area (TPSA) is 43.2 Å². The van der Waals surface area contributed by atoms with E-state index in [-0.39, 0.29) is 43.4 Å². The second-order valence-corrected chi connectivity index (χ2v) is 12.5. The number of benzene rings is 2. The molecular weight excluding hydrogens is 548 g/mol. The molecule has 0 N–H and O–H groups in total. The van der Waals surface area contributed by atoms with E-state index in [1.54, 1.807) is 17.8 Å². The van der Waals surface area contributed by atoms with E-state index in [2.05, 4.69) is 11.9 Å². The third kappa shape index (κ3) is 5.29. The SMILES string of the molecule is C.CC1=N[C@@]2(c3cccc(F)c3F)CO[C@H](CF)[C@H]2CS1.CC1=N[C@@]2(c3ccccc3F)CO[C@H](C)[C@H]2CS1. The summed E-state index contributed by atoms with van der Waals surface area (Å²) in [7, 11) is 0. The van der Waals surface area contributed by atoms with E-state index in [0.29, 0.717) is 17.9 Å². The molecule has 39 heavy (non-hydrogen) atoms. The van der Waals surface area contributed by atoms with Crippen LogP contribution < -0.4 is 0 Å². The van der Waals surface area contributed by atoms with Gasteiger partial charge in [0.05, 0.1) is 35.5 Å². The Morgan fingerprint density at radius 1 is 0.821 bits per heavy atom. The van der Waals surface area contributed by atoms with Crippen LogP contribution in [0.4, 0.5) is 17.6 Å². The number of aliphatic imine (C=N–C) groups is 2. The summed E-state index contributed by atoms with van der Waals surface area (Å²) in [5.74, 6) is -0.483. The number of hydrogen-bond acceptors (Lipinski definition) is 6. The summed E-state index contributed by atoms with van der Waals surface area (Å²) in [6.07, 6.45) is -0.476. The van der Waals surface area contributed by atoms with Gasteiger partial charge in [-0.25, -0.2) is 17.6 Å². The number of ether oxygens (including phenoxy) is 2. The van der Waals surface area contributed by atoms with Gasteiger partial charge in [-0.05, 0) is 32.9 Å². The molecule has 6 rings (SSSR count). The first-order chi connectivity index (χ1) is 18.2. The highest BCUT2D eigenvalue weighted by Crippen LogP contribution is 2.49. The Hall–Kier alpha value is -1.88. The maximum absolute atomic E-state index is 14.2. The molecule has 4 aliphatic rings. The van der Waals surface area contributed by atoms with E-state index in [0.717, 1.165) is 21.9 Å². The first-order valence-electron chi connectivity index (χ1n) is 12.6. The molecule has 2 fully saturated rings. The molecule has 4 heterocycles. The van der Waals surface area contributed by atoms with Crippen LogP contribution in [0.25, 0.3) is 0 Å². The van der Waals surface area contributed by atoms with Crippen LogP contribution in [0.1, 0.15) is 39.3 Å². The first kappa shape index (κ1) is 30.1. The maximum Gasteiger partial charge on any atom is 0.164 e. The smallest absolute Gasteiger partial charge is 0.164 e. The first-order valence-corrected chi connectivity index (χ1v) is 14.6. The minimum Gasteiger partial charge on any atom is -0.375 e. The van der Waals surface area contributed by atoms with E-state index in [1.807, 2.05) is 26.0 Å². The van der Waals surface area contributed by atoms with Crippen LogP contribution in [0, 0.1) is 29.3 Å².